The van der Waals surface area contributed by atoms with Crippen molar-refractivity contribution in [2.45, 2.75) is 140 Å². The van der Waals surface area contributed by atoms with Crippen LogP contribution in [-0.2, 0) is 52.8 Å². The number of hydrogen-bond acceptors (Lipinski definition) is 9. The molecule has 0 saturated carbocycles. The zero-order valence-corrected chi connectivity index (χ0v) is 37.3. The Morgan fingerprint density at radius 2 is 1.17 bits per heavy atom. The van der Waals surface area contributed by atoms with Crippen LogP contribution in [0.25, 0.3) is 0 Å². The molecular weight excluding hydrogens is 729 g/mol. The van der Waals surface area contributed by atoms with Crippen molar-refractivity contribution >= 4 is 23.7 Å². The monoisotopic (exact) mass is 801 g/mol. The first-order valence-corrected chi connectivity index (χ1v) is 20.9. The number of pyridine rings is 2. The molecule has 3 aromatic rings. The average Bonchev–Trinajstić information content (AvgIpc) is 3.19. The molecule has 0 aliphatic carbocycles. The number of nitrogens with zero attached hydrogens (tertiary/aromatic N) is 2. The summed E-state index contributed by atoms with van der Waals surface area (Å²) in [6.45, 7) is 23.7. The number of carbonyl (C=O) groups is 4. The molecule has 0 bridgehead atoms. The van der Waals surface area contributed by atoms with Crippen molar-refractivity contribution in [3.63, 3.8) is 0 Å². The fourth-order valence-corrected chi connectivity index (χ4v) is 4.63. The summed E-state index contributed by atoms with van der Waals surface area (Å²) >= 11 is 0. The van der Waals surface area contributed by atoms with Crippen LogP contribution in [0.15, 0.2) is 91.3 Å². The third-order valence-corrected chi connectivity index (χ3v) is 8.03. The summed E-state index contributed by atoms with van der Waals surface area (Å²) in [6, 6.07) is 17.6. The van der Waals surface area contributed by atoms with E-state index in [1.54, 1.807) is 6.92 Å². The fourth-order valence-electron chi connectivity index (χ4n) is 4.63. The van der Waals surface area contributed by atoms with E-state index in [1.165, 1.54) is 17.2 Å². The molecule has 9 heteroatoms. The SMILES string of the molecule is CC(C)c1ccc(CC(=O)OCc2ccccc2)nc1.CCCCC(=O)Cc1ccc(C(C)C)cn1.CCOC(=O)/C=C/C(C)C.CCOC(=O)CC/C=C/C(C)C. The molecule has 0 unspecified atom stereocenters. The van der Waals surface area contributed by atoms with E-state index in [9.17, 15) is 19.2 Å². The van der Waals surface area contributed by atoms with Gasteiger partial charge in [0.25, 0.3) is 0 Å². The van der Waals surface area contributed by atoms with E-state index in [4.69, 9.17) is 9.47 Å². The normalized spacial score (nSPS) is 10.7. The van der Waals surface area contributed by atoms with E-state index in [2.05, 4.69) is 75.3 Å². The number of allylic oxidation sites excluding steroid dienone is 3. The van der Waals surface area contributed by atoms with Crippen molar-refractivity contribution in [1.29, 1.82) is 0 Å². The van der Waals surface area contributed by atoms with Gasteiger partial charge in [-0.3, -0.25) is 24.4 Å². The topological polar surface area (TPSA) is 122 Å². The molecule has 0 amide bonds. The van der Waals surface area contributed by atoms with Gasteiger partial charge >= 0.3 is 17.9 Å². The van der Waals surface area contributed by atoms with E-state index in [0.29, 0.717) is 68.5 Å². The maximum Gasteiger partial charge on any atom is 0.330 e. The molecule has 0 spiro atoms. The molecule has 0 aliphatic heterocycles. The Balaban J connectivity index is 0.000000775. The largest absolute Gasteiger partial charge is 0.466 e. The minimum absolute atomic E-state index is 0.106. The summed E-state index contributed by atoms with van der Waals surface area (Å²) in [5.41, 5.74) is 5.03. The Morgan fingerprint density at radius 3 is 1.64 bits per heavy atom. The van der Waals surface area contributed by atoms with Crippen LogP contribution < -0.4 is 0 Å². The van der Waals surface area contributed by atoms with E-state index in [0.717, 1.165) is 36.2 Å². The third kappa shape index (κ3) is 29.3. The summed E-state index contributed by atoms with van der Waals surface area (Å²) in [7, 11) is 0. The smallest absolute Gasteiger partial charge is 0.330 e. The first-order valence-electron chi connectivity index (χ1n) is 20.9. The number of Topliss-reactive ketones (excluding diaryl/α,β-unsaturated/α-hetero) is 1. The minimum Gasteiger partial charge on any atom is -0.466 e. The van der Waals surface area contributed by atoms with Gasteiger partial charge < -0.3 is 14.2 Å². The first kappa shape index (κ1) is 53.1. The summed E-state index contributed by atoms with van der Waals surface area (Å²) in [6.07, 6.45) is 15.8. The highest BCUT2D eigenvalue weighted by molar-refractivity contribution is 5.82. The molecule has 58 heavy (non-hydrogen) atoms. The fraction of sp³-hybridized carbons (Fsp3) is 0.510. The molecule has 9 nitrogen and oxygen atoms in total. The second kappa shape index (κ2) is 33.1. The lowest BCUT2D eigenvalue weighted by molar-refractivity contribution is -0.144. The molecule has 0 N–H and O–H groups in total. The van der Waals surface area contributed by atoms with Crippen LogP contribution in [-0.4, -0.2) is 46.9 Å². The van der Waals surface area contributed by atoms with Gasteiger partial charge in [0.15, 0.2) is 0 Å². The molecule has 0 fully saturated rings. The molecule has 320 valence electrons. The number of esters is 3. The predicted molar refractivity (Wildman–Crippen MR) is 235 cm³/mol. The highest BCUT2D eigenvalue weighted by Gasteiger charge is 2.08. The summed E-state index contributed by atoms with van der Waals surface area (Å²) < 4.78 is 14.7. The number of hydrogen-bond donors (Lipinski definition) is 0. The highest BCUT2D eigenvalue weighted by Crippen LogP contribution is 2.14. The predicted octanol–water partition coefficient (Wildman–Crippen LogP) is 11.3. The van der Waals surface area contributed by atoms with Crippen LogP contribution in [0.4, 0.5) is 0 Å². The number of aromatic nitrogens is 2. The van der Waals surface area contributed by atoms with Crippen LogP contribution in [0.1, 0.15) is 148 Å². The van der Waals surface area contributed by atoms with Crippen molar-refractivity contribution < 1.29 is 33.4 Å². The van der Waals surface area contributed by atoms with Gasteiger partial charge in [-0.1, -0.05) is 129 Å². The van der Waals surface area contributed by atoms with Gasteiger partial charge in [-0.15, -0.1) is 0 Å². The summed E-state index contributed by atoms with van der Waals surface area (Å²) in [5, 5.41) is 0. The van der Waals surface area contributed by atoms with Gasteiger partial charge in [0.05, 0.1) is 25.3 Å². The van der Waals surface area contributed by atoms with Crippen LogP contribution >= 0.6 is 0 Å². The van der Waals surface area contributed by atoms with E-state index >= 15 is 0 Å². The average molecular weight is 801 g/mol. The molecule has 0 aliphatic rings. The number of ether oxygens (including phenoxy) is 3. The molecule has 0 saturated heterocycles. The van der Waals surface area contributed by atoms with Crippen LogP contribution in [0.5, 0.6) is 0 Å². The van der Waals surface area contributed by atoms with Crippen LogP contribution in [0.3, 0.4) is 0 Å². The maximum atomic E-state index is 11.7. The lowest BCUT2D eigenvalue weighted by Gasteiger charge is -2.07. The molecule has 0 atom stereocenters. The Morgan fingerprint density at radius 1 is 0.621 bits per heavy atom. The third-order valence-electron chi connectivity index (χ3n) is 8.03. The standard InChI is InChI=1S/C17H19NO2.C14H21NO.C10H18O2.C8H14O2/c1-13(2)15-8-9-16(18-11-15)10-17(19)20-12-14-6-4-3-5-7-14;1-4-5-6-14(16)9-13-8-7-12(10-15-13)11(2)3;1-4-12-10(11)8-6-5-7-9(2)3;1-4-10-8(9)6-5-7(2)3/h3-9,11,13H,10,12H2,1-2H3;7-8,10-11H,4-6,9H2,1-3H3;5,7,9H,4,6,8H2,1-3H3;5-7H,4H2,1-3H3/b;;7-5+;6-5+. The molecule has 0 radical (unpaired) electrons. The quantitative estimate of drug-likeness (QED) is 0.0504. The zero-order chi connectivity index (χ0) is 43.7. The Bertz CT molecular complexity index is 1590. The van der Waals surface area contributed by atoms with Crippen molar-refractivity contribution in [1.82, 2.24) is 9.97 Å². The van der Waals surface area contributed by atoms with Gasteiger partial charge in [-0.05, 0) is 79.2 Å². The van der Waals surface area contributed by atoms with Gasteiger partial charge in [0, 0.05) is 43.4 Å². The lowest BCUT2D eigenvalue weighted by Crippen LogP contribution is -2.09. The molecular formula is C49H72N2O7. The van der Waals surface area contributed by atoms with Gasteiger partial charge in [-0.2, -0.15) is 0 Å². The lowest BCUT2D eigenvalue weighted by atomic mass is 10.0. The van der Waals surface area contributed by atoms with Crippen molar-refractivity contribution in [2.75, 3.05) is 13.2 Å². The number of unbranched alkanes of at least 4 members (excludes halogenated alkanes) is 1. The number of carbonyl (C=O) groups excluding carboxylic acids is 4. The van der Waals surface area contributed by atoms with Crippen molar-refractivity contribution in [3.05, 3.63) is 119 Å². The summed E-state index contributed by atoms with van der Waals surface area (Å²) in [5.74, 6) is 1.60. The Kier molecular flexibility index (Phi) is 30.3. The second-order valence-electron chi connectivity index (χ2n) is 15.0. The molecule has 1 aromatic carbocycles. The highest BCUT2D eigenvalue weighted by atomic mass is 16.5. The Labute approximate surface area is 350 Å². The van der Waals surface area contributed by atoms with Crippen molar-refractivity contribution in [2.24, 2.45) is 11.8 Å². The number of rotatable bonds is 19. The van der Waals surface area contributed by atoms with E-state index in [-0.39, 0.29) is 24.3 Å². The van der Waals surface area contributed by atoms with Crippen LogP contribution in [0.2, 0.25) is 0 Å². The van der Waals surface area contributed by atoms with Gasteiger partial charge in [0.1, 0.15) is 12.4 Å². The molecule has 2 aromatic heterocycles. The summed E-state index contributed by atoms with van der Waals surface area (Å²) in [4.78, 5) is 53.4. The first-order chi connectivity index (χ1) is 27.6. The van der Waals surface area contributed by atoms with E-state index in [1.807, 2.05) is 93.8 Å². The second-order valence-corrected chi connectivity index (χ2v) is 15.0. The number of ketones is 1. The van der Waals surface area contributed by atoms with Gasteiger partial charge in [0.2, 0.25) is 0 Å². The van der Waals surface area contributed by atoms with Crippen LogP contribution in [0, 0.1) is 11.8 Å². The van der Waals surface area contributed by atoms with E-state index < -0.39 is 0 Å². The number of benzene rings is 1. The minimum atomic E-state index is -0.254. The van der Waals surface area contributed by atoms with Gasteiger partial charge in [-0.25, -0.2) is 4.79 Å². The maximum absolute atomic E-state index is 11.7. The Hall–Kier alpha value is -4.92. The molecule has 3 rings (SSSR count). The zero-order valence-electron chi connectivity index (χ0n) is 37.3. The molecule has 2 heterocycles. The van der Waals surface area contributed by atoms with Crippen molar-refractivity contribution in [3.8, 4) is 0 Å².